The van der Waals surface area contributed by atoms with E-state index >= 15 is 0 Å². The lowest BCUT2D eigenvalue weighted by atomic mass is 9.95. The van der Waals surface area contributed by atoms with E-state index in [1.54, 1.807) is 37.3 Å². The van der Waals surface area contributed by atoms with Gasteiger partial charge in [-0.1, -0.05) is 60.7 Å². The van der Waals surface area contributed by atoms with Gasteiger partial charge in [-0.3, -0.25) is 18.7 Å². The molecule has 0 heterocycles. The summed E-state index contributed by atoms with van der Waals surface area (Å²) in [4.78, 5) is 40.1. The third-order valence-electron chi connectivity index (χ3n) is 6.68. The Morgan fingerprint density at radius 3 is 2.32 bits per heavy atom. The minimum atomic E-state index is -3.91. The van der Waals surface area contributed by atoms with Crippen LogP contribution in [-0.2, 0) is 26.2 Å². The molecular weight excluding hydrogens is 549 g/mol. The summed E-state index contributed by atoms with van der Waals surface area (Å²) in [6.07, 6.45) is 5.96. The maximum absolute atomic E-state index is 13.7. The van der Waals surface area contributed by atoms with Crippen molar-refractivity contribution in [3.05, 3.63) is 63.6 Å². The van der Waals surface area contributed by atoms with Crippen LogP contribution < -0.4 is 9.62 Å². The quantitative estimate of drug-likeness (QED) is 0.405. The van der Waals surface area contributed by atoms with Crippen molar-refractivity contribution in [2.75, 3.05) is 17.1 Å². The molecule has 2 aromatic carbocycles. The van der Waals surface area contributed by atoms with E-state index < -0.39 is 28.5 Å². The second-order valence-electron chi connectivity index (χ2n) is 9.67. The summed E-state index contributed by atoms with van der Waals surface area (Å²) in [6.45, 7) is 2.46. The van der Waals surface area contributed by atoms with Gasteiger partial charge in [-0.25, -0.2) is 8.42 Å². The molecule has 0 aliphatic heterocycles. The molecule has 2 amide bonds. The zero-order chi connectivity index (χ0) is 28.0. The molecule has 0 spiro atoms. The van der Waals surface area contributed by atoms with Crippen LogP contribution in [0.2, 0.25) is 10.0 Å². The van der Waals surface area contributed by atoms with Crippen LogP contribution in [0.15, 0.2) is 42.5 Å². The number of carbonyl (C=O) groups excluding carboxylic acids is 3. The molecule has 1 aliphatic carbocycles. The summed E-state index contributed by atoms with van der Waals surface area (Å²) in [5.74, 6) is -1.13. The van der Waals surface area contributed by atoms with Gasteiger partial charge in [-0.05, 0) is 56.5 Å². The number of amides is 2. The normalized spacial score (nSPS) is 15.0. The maximum atomic E-state index is 13.7. The highest BCUT2D eigenvalue weighted by Crippen LogP contribution is 2.25. The van der Waals surface area contributed by atoms with Crippen LogP contribution in [0.4, 0.5) is 5.69 Å². The standard InChI is InChI=1S/C27H33Cl2N3O5S/c1-18(27(35)30-22-9-5-4-6-10-22)31(16-20-12-13-24(28)25(29)14-20)26(34)17-32(38(3,36)37)23-11-7-8-21(15-23)19(2)33/h7-8,11-15,18,22H,4-6,9-10,16-17H2,1-3H3,(H,30,35)/t18-/m0/s1. The molecule has 0 unspecified atom stereocenters. The number of sulfonamides is 1. The molecule has 1 N–H and O–H groups in total. The van der Waals surface area contributed by atoms with Crippen LogP contribution in [0, 0.1) is 0 Å². The Balaban J connectivity index is 1.91. The molecule has 0 saturated heterocycles. The van der Waals surface area contributed by atoms with E-state index in [0.29, 0.717) is 21.2 Å². The lowest BCUT2D eigenvalue weighted by Gasteiger charge is -2.33. The van der Waals surface area contributed by atoms with Crippen LogP contribution in [0.5, 0.6) is 0 Å². The first-order valence-electron chi connectivity index (χ1n) is 12.5. The lowest BCUT2D eigenvalue weighted by molar-refractivity contribution is -0.139. The minimum Gasteiger partial charge on any atom is -0.352 e. The van der Waals surface area contributed by atoms with Crippen LogP contribution >= 0.6 is 23.2 Å². The Hall–Kier alpha value is -2.62. The van der Waals surface area contributed by atoms with Crippen LogP contribution in [0.3, 0.4) is 0 Å². The molecule has 0 aromatic heterocycles. The van der Waals surface area contributed by atoms with E-state index in [4.69, 9.17) is 23.2 Å². The Labute approximate surface area is 234 Å². The molecular formula is C27H33Cl2N3O5S. The number of rotatable bonds is 10. The summed E-state index contributed by atoms with van der Waals surface area (Å²) >= 11 is 12.2. The van der Waals surface area contributed by atoms with E-state index in [9.17, 15) is 22.8 Å². The van der Waals surface area contributed by atoms with Crippen LogP contribution in [-0.4, -0.2) is 55.8 Å². The van der Waals surface area contributed by atoms with Crippen molar-refractivity contribution in [3.8, 4) is 0 Å². The van der Waals surface area contributed by atoms with Crippen LogP contribution in [0.1, 0.15) is 61.9 Å². The van der Waals surface area contributed by atoms with E-state index in [1.807, 2.05) is 0 Å². The Bertz CT molecular complexity index is 1300. The molecule has 0 bridgehead atoms. The van der Waals surface area contributed by atoms with Crippen molar-refractivity contribution >= 4 is 56.5 Å². The summed E-state index contributed by atoms with van der Waals surface area (Å²) in [6, 6.07) is 10.1. The molecule has 2 aromatic rings. The van der Waals surface area contributed by atoms with E-state index in [2.05, 4.69) is 5.32 Å². The van der Waals surface area contributed by atoms with Gasteiger partial charge < -0.3 is 10.2 Å². The lowest BCUT2D eigenvalue weighted by Crippen LogP contribution is -2.53. The minimum absolute atomic E-state index is 0.0140. The van der Waals surface area contributed by atoms with Crippen molar-refractivity contribution < 1.29 is 22.8 Å². The number of hydrogen-bond donors (Lipinski definition) is 1. The molecule has 1 fully saturated rings. The third-order valence-corrected chi connectivity index (χ3v) is 8.56. The van der Waals surface area contributed by atoms with Gasteiger partial charge in [0, 0.05) is 18.2 Å². The van der Waals surface area contributed by atoms with E-state index in [1.165, 1.54) is 24.0 Å². The van der Waals surface area contributed by atoms with Gasteiger partial charge in [-0.15, -0.1) is 0 Å². The molecule has 8 nitrogen and oxygen atoms in total. The first-order chi connectivity index (χ1) is 17.9. The zero-order valence-corrected chi connectivity index (χ0v) is 24.1. The average Bonchev–Trinajstić information content (AvgIpc) is 2.87. The van der Waals surface area contributed by atoms with Gasteiger partial charge >= 0.3 is 0 Å². The highest BCUT2D eigenvalue weighted by molar-refractivity contribution is 7.92. The highest BCUT2D eigenvalue weighted by Gasteiger charge is 2.31. The number of nitrogens with one attached hydrogen (secondary N) is 1. The monoisotopic (exact) mass is 581 g/mol. The van der Waals surface area contributed by atoms with Crippen molar-refractivity contribution in [3.63, 3.8) is 0 Å². The Morgan fingerprint density at radius 2 is 1.71 bits per heavy atom. The van der Waals surface area contributed by atoms with Gasteiger partial charge in [-0.2, -0.15) is 0 Å². The summed E-state index contributed by atoms with van der Waals surface area (Å²) in [5, 5.41) is 3.70. The summed E-state index contributed by atoms with van der Waals surface area (Å²) in [7, 11) is -3.91. The molecule has 11 heteroatoms. The fourth-order valence-electron chi connectivity index (χ4n) is 4.48. The zero-order valence-electron chi connectivity index (χ0n) is 21.7. The number of halogens is 2. The Morgan fingerprint density at radius 1 is 1.03 bits per heavy atom. The second-order valence-corrected chi connectivity index (χ2v) is 12.4. The van der Waals surface area contributed by atoms with Crippen molar-refractivity contribution in [2.45, 2.75) is 64.6 Å². The average molecular weight is 583 g/mol. The number of anilines is 1. The maximum Gasteiger partial charge on any atom is 0.244 e. The van der Waals surface area contributed by atoms with E-state index in [0.717, 1.165) is 42.7 Å². The number of benzene rings is 2. The molecule has 206 valence electrons. The van der Waals surface area contributed by atoms with Gasteiger partial charge in [0.1, 0.15) is 12.6 Å². The van der Waals surface area contributed by atoms with Crippen molar-refractivity contribution in [2.24, 2.45) is 0 Å². The first-order valence-corrected chi connectivity index (χ1v) is 15.1. The number of Topliss-reactive ketones (excluding diaryl/α,β-unsaturated/α-hetero) is 1. The van der Waals surface area contributed by atoms with Gasteiger partial charge in [0.05, 0.1) is 22.0 Å². The summed E-state index contributed by atoms with van der Waals surface area (Å²) in [5.41, 5.74) is 1.13. The topological polar surface area (TPSA) is 104 Å². The predicted octanol–water partition coefficient (Wildman–Crippen LogP) is 4.83. The Kier molecular flexibility index (Phi) is 10.2. The van der Waals surface area contributed by atoms with Crippen LogP contribution in [0.25, 0.3) is 0 Å². The SMILES string of the molecule is CC(=O)c1cccc(N(CC(=O)N(Cc2ccc(Cl)c(Cl)c2)[C@@H](C)C(=O)NC2CCCCC2)S(C)(=O)=O)c1. The number of ketones is 1. The van der Waals surface area contributed by atoms with Gasteiger partial charge in [0.15, 0.2) is 5.78 Å². The van der Waals surface area contributed by atoms with Gasteiger partial charge in [0.25, 0.3) is 0 Å². The van der Waals surface area contributed by atoms with E-state index in [-0.39, 0.29) is 30.0 Å². The summed E-state index contributed by atoms with van der Waals surface area (Å²) < 4.78 is 26.4. The predicted molar refractivity (Wildman–Crippen MR) is 150 cm³/mol. The van der Waals surface area contributed by atoms with Crippen molar-refractivity contribution in [1.82, 2.24) is 10.2 Å². The largest absolute Gasteiger partial charge is 0.352 e. The molecule has 3 rings (SSSR count). The number of carbonyl (C=O) groups is 3. The van der Waals surface area contributed by atoms with Gasteiger partial charge in [0.2, 0.25) is 21.8 Å². The molecule has 1 aliphatic rings. The third kappa shape index (κ3) is 7.94. The fraction of sp³-hybridized carbons (Fsp3) is 0.444. The number of nitrogens with zero attached hydrogens (tertiary/aromatic N) is 2. The molecule has 1 atom stereocenters. The molecule has 0 radical (unpaired) electrons. The smallest absolute Gasteiger partial charge is 0.244 e. The fourth-order valence-corrected chi connectivity index (χ4v) is 5.64. The molecule has 1 saturated carbocycles. The first kappa shape index (κ1) is 29.9. The number of hydrogen-bond acceptors (Lipinski definition) is 5. The second kappa shape index (κ2) is 13.0. The highest BCUT2D eigenvalue weighted by atomic mass is 35.5. The van der Waals surface area contributed by atoms with Crippen molar-refractivity contribution in [1.29, 1.82) is 0 Å². The molecule has 38 heavy (non-hydrogen) atoms.